The van der Waals surface area contributed by atoms with Gasteiger partial charge in [0.15, 0.2) is 5.65 Å². The lowest BCUT2D eigenvalue weighted by atomic mass is 10.1. The summed E-state index contributed by atoms with van der Waals surface area (Å²) in [5.74, 6) is 0.878. The first-order valence-corrected chi connectivity index (χ1v) is 7.90. The van der Waals surface area contributed by atoms with Gasteiger partial charge in [-0.2, -0.15) is 5.10 Å². The Hall–Kier alpha value is -2.89. The van der Waals surface area contributed by atoms with Crippen LogP contribution in [0.4, 0.5) is 5.69 Å². The van der Waals surface area contributed by atoms with Crippen LogP contribution in [0, 0.1) is 5.92 Å². The Bertz CT molecular complexity index is 905. The Morgan fingerprint density at radius 1 is 1.29 bits per heavy atom. The maximum atomic E-state index is 12.8. The molecule has 24 heavy (non-hydrogen) atoms. The van der Waals surface area contributed by atoms with Crippen molar-refractivity contribution < 1.29 is 9.53 Å². The molecule has 1 aromatic carbocycles. The SMILES string of the molecule is COc1ccccc1N(C)C(=O)C1CC1c1n[nH]c2ncccc12. The van der Waals surface area contributed by atoms with Gasteiger partial charge in [-0.1, -0.05) is 12.1 Å². The van der Waals surface area contributed by atoms with E-state index in [-0.39, 0.29) is 17.7 Å². The van der Waals surface area contributed by atoms with Crippen LogP contribution in [0.1, 0.15) is 18.0 Å². The van der Waals surface area contributed by atoms with E-state index in [0.717, 1.165) is 28.8 Å². The number of amides is 1. The van der Waals surface area contributed by atoms with Gasteiger partial charge in [-0.25, -0.2) is 4.98 Å². The summed E-state index contributed by atoms with van der Waals surface area (Å²) in [5, 5.41) is 8.31. The van der Waals surface area contributed by atoms with Crippen molar-refractivity contribution in [2.45, 2.75) is 12.3 Å². The number of nitrogens with zero attached hydrogens (tertiary/aromatic N) is 3. The topological polar surface area (TPSA) is 71.1 Å². The molecule has 122 valence electrons. The number of aromatic nitrogens is 3. The number of anilines is 1. The molecule has 4 rings (SSSR count). The van der Waals surface area contributed by atoms with E-state index in [1.165, 1.54) is 0 Å². The minimum Gasteiger partial charge on any atom is -0.495 e. The van der Waals surface area contributed by atoms with E-state index >= 15 is 0 Å². The van der Waals surface area contributed by atoms with E-state index in [0.29, 0.717) is 5.75 Å². The lowest BCUT2D eigenvalue weighted by molar-refractivity contribution is -0.119. The molecular weight excluding hydrogens is 304 g/mol. The van der Waals surface area contributed by atoms with Crippen LogP contribution in [0.5, 0.6) is 5.75 Å². The van der Waals surface area contributed by atoms with Gasteiger partial charge in [0.05, 0.1) is 18.5 Å². The van der Waals surface area contributed by atoms with Gasteiger partial charge in [-0.3, -0.25) is 9.89 Å². The van der Waals surface area contributed by atoms with Gasteiger partial charge in [0.25, 0.3) is 0 Å². The number of methoxy groups -OCH3 is 1. The summed E-state index contributed by atoms with van der Waals surface area (Å²) in [6.07, 6.45) is 2.54. The zero-order valence-corrected chi connectivity index (χ0v) is 13.6. The van der Waals surface area contributed by atoms with Crippen LogP contribution in [0.3, 0.4) is 0 Å². The van der Waals surface area contributed by atoms with Crippen molar-refractivity contribution in [2.75, 3.05) is 19.1 Å². The molecule has 0 aliphatic heterocycles. The van der Waals surface area contributed by atoms with Gasteiger partial charge in [0, 0.05) is 30.5 Å². The summed E-state index contributed by atoms with van der Waals surface area (Å²) in [7, 11) is 3.40. The highest BCUT2D eigenvalue weighted by atomic mass is 16.5. The van der Waals surface area contributed by atoms with Crippen molar-refractivity contribution in [1.82, 2.24) is 15.2 Å². The monoisotopic (exact) mass is 322 g/mol. The second kappa shape index (κ2) is 5.63. The third kappa shape index (κ3) is 2.31. The number of aromatic amines is 1. The molecule has 1 fully saturated rings. The molecule has 0 spiro atoms. The number of ether oxygens (including phenoxy) is 1. The molecule has 2 unspecified atom stereocenters. The van der Waals surface area contributed by atoms with Crippen LogP contribution >= 0.6 is 0 Å². The molecule has 2 aromatic heterocycles. The average molecular weight is 322 g/mol. The van der Waals surface area contributed by atoms with Crippen LogP contribution in [0.25, 0.3) is 11.0 Å². The van der Waals surface area contributed by atoms with E-state index in [9.17, 15) is 4.79 Å². The van der Waals surface area contributed by atoms with Crippen molar-refractivity contribution in [1.29, 1.82) is 0 Å². The summed E-state index contributed by atoms with van der Waals surface area (Å²) in [6.45, 7) is 0. The quantitative estimate of drug-likeness (QED) is 0.802. The van der Waals surface area contributed by atoms with Gasteiger partial charge in [-0.05, 0) is 30.7 Å². The molecule has 0 bridgehead atoms. The van der Waals surface area contributed by atoms with Crippen LogP contribution in [-0.4, -0.2) is 35.2 Å². The second-order valence-corrected chi connectivity index (χ2v) is 6.03. The van der Waals surface area contributed by atoms with Crippen LogP contribution < -0.4 is 9.64 Å². The molecule has 2 atom stereocenters. The Balaban J connectivity index is 1.56. The van der Waals surface area contributed by atoms with E-state index in [1.807, 2.05) is 36.4 Å². The maximum Gasteiger partial charge on any atom is 0.230 e. The molecule has 6 heteroatoms. The van der Waals surface area contributed by atoms with Crippen molar-refractivity contribution in [3.05, 3.63) is 48.3 Å². The van der Waals surface area contributed by atoms with E-state index in [2.05, 4.69) is 15.2 Å². The number of para-hydroxylation sites is 2. The molecular formula is C18H18N4O2. The highest BCUT2D eigenvalue weighted by molar-refractivity contribution is 5.98. The lowest BCUT2D eigenvalue weighted by Gasteiger charge is -2.20. The second-order valence-electron chi connectivity index (χ2n) is 6.03. The Morgan fingerprint density at radius 2 is 2.12 bits per heavy atom. The number of H-pyrrole nitrogens is 1. The van der Waals surface area contributed by atoms with Crippen molar-refractivity contribution in [2.24, 2.45) is 5.92 Å². The molecule has 1 saturated carbocycles. The Kier molecular flexibility index (Phi) is 3.45. The zero-order chi connectivity index (χ0) is 16.7. The van der Waals surface area contributed by atoms with Crippen molar-refractivity contribution in [3.63, 3.8) is 0 Å². The largest absolute Gasteiger partial charge is 0.495 e. The van der Waals surface area contributed by atoms with Gasteiger partial charge in [0.1, 0.15) is 5.75 Å². The number of hydrogen-bond acceptors (Lipinski definition) is 4. The zero-order valence-electron chi connectivity index (χ0n) is 13.6. The minimum atomic E-state index is -0.0494. The minimum absolute atomic E-state index is 0.0494. The summed E-state index contributed by atoms with van der Waals surface area (Å²) < 4.78 is 5.35. The van der Waals surface area contributed by atoms with Crippen LogP contribution in [0.15, 0.2) is 42.6 Å². The number of benzene rings is 1. The first-order chi connectivity index (χ1) is 11.7. The number of carbonyl (C=O) groups is 1. The predicted octanol–water partition coefficient (Wildman–Crippen LogP) is 2.73. The molecule has 3 aromatic rings. The number of fused-ring (bicyclic) bond motifs is 1. The van der Waals surface area contributed by atoms with Crippen LogP contribution in [0.2, 0.25) is 0 Å². The number of carbonyl (C=O) groups excluding carboxylic acids is 1. The predicted molar refractivity (Wildman–Crippen MR) is 91.1 cm³/mol. The third-order valence-corrected chi connectivity index (χ3v) is 4.60. The van der Waals surface area contributed by atoms with Gasteiger partial charge in [-0.15, -0.1) is 0 Å². The first kappa shape index (κ1) is 14.7. The fourth-order valence-corrected chi connectivity index (χ4v) is 3.20. The average Bonchev–Trinajstić information content (AvgIpc) is 3.31. The highest BCUT2D eigenvalue weighted by Gasteiger charge is 2.47. The van der Waals surface area contributed by atoms with Crippen molar-refractivity contribution >= 4 is 22.6 Å². The normalized spacial score (nSPS) is 19.2. The standard InChI is InChI=1S/C18H18N4O2/c1-22(14-7-3-4-8-15(14)24-2)18(23)13-10-12(13)16-11-6-5-9-19-17(11)21-20-16/h3-9,12-13H,10H2,1-2H3,(H,19,20,21). The number of pyridine rings is 1. The Labute approximate surface area is 139 Å². The molecule has 1 aliphatic carbocycles. The maximum absolute atomic E-state index is 12.8. The summed E-state index contributed by atoms with van der Waals surface area (Å²) in [4.78, 5) is 18.8. The molecule has 1 aliphatic rings. The third-order valence-electron chi connectivity index (χ3n) is 4.60. The number of rotatable bonds is 4. The summed E-state index contributed by atoms with van der Waals surface area (Å²) in [5.41, 5.74) is 2.48. The first-order valence-electron chi connectivity index (χ1n) is 7.90. The summed E-state index contributed by atoms with van der Waals surface area (Å²) in [6, 6.07) is 11.4. The molecule has 1 amide bonds. The van der Waals surface area contributed by atoms with E-state index in [4.69, 9.17) is 4.74 Å². The van der Waals surface area contributed by atoms with E-state index < -0.39 is 0 Å². The smallest absolute Gasteiger partial charge is 0.230 e. The van der Waals surface area contributed by atoms with Gasteiger partial charge >= 0.3 is 0 Å². The Morgan fingerprint density at radius 3 is 2.96 bits per heavy atom. The molecule has 1 N–H and O–H groups in total. The molecule has 6 nitrogen and oxygen atoms in total. The van der Waals surface area contributed by atoms with Gasteiger partial charge in [0.2, 0.25) is 5.91 Å². The lowest BCUT2D eigenvalue weighted by Crippen LogP contribution is -2.28. The fraction of sp³-hybridized carbons (Fsp3) is 0.278. The fourth-order valence-electron chi connectivity index (χ4n) is 3.20. The molecule has 2 heterocycles. The number of nitrogens with one attached hydrogen (secondary N) is 1. The van der Waals surface area contributed by atoms with Crippen molar-refractivity contribution in [3.8, 4) is 5.75 Å². The van der Waals surface area contributed by atoms with Gasteiger partial charge < -0.3 is 9.64 Å². The molecule has 0 saturated heterocycles. The highest BCUT2D eigenvalue weighted by Crippen LogP contribution is 2.50. The number of hydrogen-bond donors (Lipinski definition) is 1. The van der Waals surface area contributed by atoms with Crippen LogP contribution in [-0.2, 0) is 4.79 Å². The molecule has 0 radical (unpaired) electrons. The van der Waals surface area contributed by atoms with E-state index in [1.54, 1.807) is 25.3 Å². The summed E-state index contributed by atoms with van der Waals surface area (Å²) >= 11 is 0.